The molecule has 7 nitrogen and oxygen atoms in total. The fourth-order valence-corrected chi connectivity index (χ4v) is 26.6. The molecule has 8 aromatic carbocycles. The van der Waals surface area contributed by atoms with Crippen LogP contribution in [0.25, 0.3) is 180 Å². The molecule has 0 bridgehead atoms. The highest BCUT2D eigenvalue weighted by Crippen LogP contribution is 2.47. The molecule has 0 spiro atoms. The van der Waals surface area contributed by atoms with Gasteiger partial charge in [0.15, 0.2) is 18.9 Å². The number of aldehydes is 3. The summed E-state index contributed by atoms with van der Waals surface area (Å²) < 4.78 is 40.3. The van der Waals surface area contributed by atoms with E-state index in [1.165, 1.54) is 184 Å². The van der Waals surface area contributed by atoms with Crippen LogP contribution in [0.2, 0.25) is 0 Å². The second-order valence-corrected chi connectivity index (χ2v) is 36.0. The fraction of sp³-hybridized carbons (Fsp3) is 0.120. The highest BCUT2D eigenvalue weighted by atomic mass is 32.1. The minimum Gasteiger partial charge on any atom is -0.341 e. The molecule has 21 aromatic rings. The van der Waals surface area contributed by atoms with E-state index in [0.29, 0.717) is 0 Å². The van der Waals surface area contributed by atoms with Crippen LogP contribution in [0.1, 0.15) is 102 Å². The molecule has 17 heteroatoms. The Kier molecular flexibility index (Phi) is 20.0. The Morgan fingerprint density at radius 3 is 0.789 bits per heavy atom. The van der Waals surface area contributed by atoms with Gasteiger partial charge >= 0.3 is 0 Å². The van der Waals surface area contributed by atoms with E-state index in [1.54, 1.807) is 45.3 Å². The van der Waals surface area contributed by atoms with Gasteiger partial charge in [0.2, 0.25) is 0 Å². The van der Waals surface area contributed by atoms with Gasteiger partial charge in [0.05, 0.1) is 51.4 Å². The number of carbonyl (C=O) groups excluding carboxylic acids is 3. The smallest absolute Gasteiger partial charge is 0.160 e. The molecule has 13 heterocycles. The summed E-state index contributed by atoms with van der Waals surface area (Å²) in [5, 5.41) is 10.7. The lowest BCUT2D eigenvalue weighted by Crippen LogP contribution is -1.92. The molecule has 21 rings (SSSR count). The molecule has 109 heavy (non-hydrogen) atoms. The van der Waals surface area contributed by atoms with Gasteiger partial charge in [-0.2, -0.15) is 0 Å². The first-order valence-electron chi connectivity index (χ1n) is 36.9. The molecule has 0 radical (unpaired) electrons. The van der Waals surface area contributed by atoms with E-state index >= 15 is 0 Å². The summed E-state index contributed by atoms with van der Waals surface area (Å²) in [5.74, 6) is 0. The van der Waals surface area contributed by atoms with Crippen LogP contribution in [0.3, 0.4) is 0 Å². The number of para-hydroxylation sites is 4. The van der Waals surface area contributed by atoms with Crippen LogP contribution < -0.4 is 0 Å². The zero-order chi connectivity index (χ0) is 75.3. The van der Waals surface area contributed by atoms with Crippen molar-refractivity contribution in [2.75, 3.05) is 7.15 Å². The molecule has 0 amide bonds. The van der Waals surface area contributed by atoms with Gasteiger partial charge in [-0.1, -0.05) is 122 Å². The number of hydrogen-bond acceptors (Lipinski definition) is 12. The first kappa shape index (κ1) is 70.6. The van der Waals surface area contributed by atoms with Crippen molar-refractivity contribution in [3.8, 4) is 0 Å². The van der Waals surface area contributed by atoms with Crippen molar-refractivity contribution in [3.63, 3.8) is 0 Å². The largest absolute Gasteiger partial charge is 0.341 e. The Hall–Kier alpha value is -10.0. The summed E-state index contributed by atoms with van der Waals surface area (Å²) >= 11 is 15.5. The number of alkyl halides is 1. The van der Waals surface area contributed by atoms with Crippen molar-refractivity contribution in [2.45, 2.75) is 67.2 Å². The zero-order valence-corrected chi connectivity index (χ0v) is 67.5. The monoisotopic (exact) mass is 1590 g/mol. The van der Waals surface area contributed by atoms with Crippen molar-refractivity contribution in [1.29, 1.82) is 0 Å². The van der Waals surface area contributed by atoms with Crippen LogP contribution in [0.15, 0.2) is 206 Å². The van der Waals surface area contributed by atoms with Gasteiger partial charge in [0, 0.05) is 156 Å². The van der Waals surface area contributed by atoms with E-state index in [2.05, 4.69) is 277 Å². The standard InChI is InChI=1S/C40H30N2S3.C25H17NOS3.C16H17N.C10H4O2S3.CH3F/c1-3-41-33-11-7-5-9-29(33)31-21-25(15-19-35(31)41)13-17-27-23-37-39(43-27)40-38(45-37)24-28(44-40)18-14-26-16-20-36-32(22-26)30-10-6-8-12-34(30)42(36)4-2;1-2-26-20-6-4-3-5-18(20)19-11-15(8-10-21(19)26)7-9-16-12-22-24(28-16)25-23(30-22)13-17(14-27)29-25;1-3-12-9-10-16-14(11-12)13-7-5-6-8-15(13)17(16)4-2;11-3-5-1-7-9(13-5)10-8(15-7)2-6(4-12)14-10;1-2/h5-24H,3-4H2,1-2H3;3-14H,2H2,1H3;5-11H,3-4H2,1-2H3;1-4H;1H3/b17-13+,18-14+;9-7+;;;/i;;;;1D. The predicted octanol–water partition coefficient (Wildman–Crippen LogP) is 29.8. The molecule has 538 valence electrons. The second kappa shape index (κ2) is 30.8. The SMILES string of the molecule is CCc1ccc2c(c1)c1ccccc1n2CC.CCn1c2ccccc2c2cc(/C=C/c3cc4sc5cc(/C=C/c6ccc7c(c6)c6ccccc6n7CC)sc5c4s3)ccc21.CCn1c2ccccc2c2cc(/C=C/c3cc4sc5cc(C=O)sc5c4s3)ccc21.O=Cc1cc2sc3cc(C=O)sc3c2s1.[2H]CF. The van der Waals surface area contributed by atoms with Crippen LogP contribution in [0, 0.1) is 0 Å². The second-order valence-electron chi connectivity index (χ2n) is 26.3. The Labute approximate surface area is 665 Å². The normalized spacial score (nSPS) is 12.1. The van der Waals surface area contributed by atoms with Crippen LogP contribution in [0.5, 0.6) is 0 Å². The summed E-state index contributed by atoms with van der Waals surface area (Å²) in [6.45, 7) is 15.0. The van der Waals surface area contributed by atoms with Crippen molar-refractivity contribution < 1.29 is 20.1 Å². The van der Waals surface area contributed by atoms with Crippen LogP contribution in [-0.4, -0.2) is 44.3 Å². The van der Waals surface area contributed by atoms with Gasteiger partial charge in [0.1, 0.15) is 0 Å². The van der Waals surface area contributed by atoms with Gasteiger partial charge in [-0.25, -0.2) is 0 Å². The van der Waals surface area contributed by atoms with E-state index in [-0.39, 0.29) is 0 Å². The minimum atomic E-state index is -1.00. The summed E-state index contributed by atoms with van der Waals surface area (Å²) in [4.78, 5) is 38.5. The number of carbonyl (C=O) groups is 3. The lowest BCUT2D eigenvalue weighted by Gasteiger charge is -2.03. The van der Waals surface area contributed by atoms with Gasteiger partial charge in [-0.15, -0.1) is 102 Å². The van der Waals surface area contributed by atoms with Crippen molar-refractivity contribution >= 4 is 301 Å². The van der Waals surface area contributed by atoms with Crippen LogP contribution in [0.4, 0.5) is 4.39 Å². The van der Waals surface area contributed by atoms with Gasteiger partial charge in [-0.05, 0) is 184 Å². The van der Waals surface area contributed by atoms with Crippen molar-refractivity contribution in [2.24, 2.45) is 0 Å². The minimum absolute atomic E-state index is 0.749. The van der Waals surface area contributed by atoms with E-state index in [1.807, 2.05) is 52.2 Å². The van der Waals surface area contributed by atoms with E-state index < -0.39 is 7.15 Å². The van der Waals surface area contributed by atoms with Gasteiger partial charge in [0.25, 0.3) is 0 Å². The molecule has 0 aliphatic heterocycles. The van der Waals surface area contributed by atoms with Crippen LogP contribution >= 0.6 is 102 Å². The Morgan fingerprint density at radius 2 is 0.523 bits per heavy atom. The molecule has 0 fully saturated rings. The molecule has 13 aromatic heterocycles. The lowest BCUT2D eigenvalue weighted by molar-refractivity contribution is 0.111. The zero-order valence-electron chi connectivity index (χ0n) is 61.1. The first-order valence-corrected chi connectivity index (χ1v) is 43.5. The third kappa shape index (κ3) is 13.3. The van der Waals surface area contributed by atoms with E-state index in [4.69, 9.17) is 1.37 Å². The number of fused-ring (bicyclic) bond motifs is 21. The molecule has 0 aliphatic rings. The molecule has 0 N–H and O–H groups in total. The molecule has 0 atom stereocenters. The summed E-state index contributed by atoms with van der Waals surface area (Å²) in [6.07, 6.45) is 17.3. The lowest BCUT2D eigenvalue weighted by atomic mass is 10.1. The predicted molar refractivity (Wildman–Crippen MR) is 485 cm³/mol. The molecular weight excluding hydrogens is 1520 g/mol. The number of halogens is 1. The molecule has 0 saturated heterocycles. The van der Waals surface area contributed by atoms with E-state index in [9.17, 15) is 18.8 Å². The maximum Gasteiger partial charge on any atom is 0.160 e. The Balaban J connectivity index is 0.000000116. The van der Waals surface area contributed by atoms with Crippen molar-refractivity contribution in [1.82, 2.24) is 18.3 Å². The number of nitrogens with zero attached hydrogens (tertiary/aromatic N) is 4. The average molecular weight is 1590 g/mol. The molecule has 0 saturated carbocycles. The topological polar surface area (TPSA) is 70.9 Å². The fourth-order valence-electron chi connectivity index (χ4n) is 15.3. The first-order chi connectivity index (χ1) is 54.0. The summed E-state index contributed by atoms with van der Waals surface area (Å²) in [6, 6.07) is 74.9. The molecule has 0 aliphatic carbocycles. The Morgan fingerprint density at radius 1 is 0.284 bits per heavy atom. The third-order valence-electron chi connectivity index (χ3n) is 20.1. The quantitative estimate of drug-likeness (QED) is 0.102. The maximum absolute atomic E-state index is 11.1. The highest BCUT2D eigenvalue weighted by Gasteiger charge is 2.18. The Bertz CT molecular complexity index is 6960. The number of thiophene rings is 9. The number of benzene rings is 8. The van der Waals surface area contributed by atoms with Gasteiger partial charge < -0.3 is 18.3 Å². The third-order valence-corrected chi connectivity index (χ3v) is 31.2. The number of aryl methyl sites for hydroxylation is 5. The molecule has 0 unspecified atom stereocenters. The number of aromatic nitrogens is 4. The van der Waals surface area contributed by atoms with Crippen molar-refractivity contribution in [3.05, 3.63) is 258 Å². The summed E-state index contributed by atoms with van der Waals surface area (Å²) in [5.41, 5.74) is 15.6. The number of hydrogen-bond donors (Lipinski definition) is 0. The number of rotatable bonds is 14. The maximum atomic E-state index is 11.1. The average Bonchev–Trinajstić information content (AvgIpc) is 1.44. The van der Waals surface area contributed by atoms with Crippen LogP contribution in [-0.2, 0) is 32.6 Å². The molecular formula is C92H71FN4O3S9. The highest BCUT2D eigenvalue weighted by molar-refractivity contribution is 7.40. The van der Waals surface area contributed by atoms with Gasteiger partial charge in [-0.3, -0.25) is 18.8 Å². The van der Waals surface area contributed by atoms with E-state index in [0.717, 1.165) is 84.9 Å². The summed E-state index contributed by atoms with van der Waals surface area (Å²) in [7, 11) is -1.00.